The van der Waals surface area contributed by atoms with Gasteiger partial charge in [0, 0.05) is 5.56 Å². The third-order valence-corrected chi connectivity index (χ3v) is 1.88. The normalized spacial score (nSPS) is 10.2. The second kappa shape index (κ2) is 3.49. The quantitative estimate of drug-likeness (QED) is 0.773. The first-order valence-corrected chi connectivity index (χ1v) is 4.24. The maximum absolute atomic E-state index is 10.7. The highest BCUT2D eigenvalue weighted by Crippen LogP contribution is 2.14. The second-order valence-electron chi connectivity index (χ2n) is 2.99. The average Bonchev–Trinajstić information content (AvgIpc) is 2.65. The van der Waals surface area contributed by atoms with E-state index in [4.69, 9.17) is 5.11 Å². The summed E-state index contributed by atoms with van der Waals surface area (Å²) in [5, 5.41) is 20.3. The van der Waals surface area contributed by atoms with Crippen molar-refractivity contribution in [2.45, 2.75) is 0 Å². The Morgan fingerprint density at radius 1 is 1.47 bits per heavy atom. The highest BCUT2D eigenvalue weighted by molar-refractivity contribution is 5.88. The van der Waals surface area contributed by atoms with Crippen LogP contribution in [0.15, 0.2) is 24.3 Å². The molecule has 2 rings (SSSR count). The van der Waals surface area contributed by atoms with Crippen molar-refractivity contribution in [3.63, 3.8) is 0 Å². The Bertz CT molecular complexity index is 506. The molecule has 0 fully saturated rings. The molecule has 6 heteroatoms. The van der Waals surface area contributed by atoms with Gasteiger partial charge in [-0.1, -0.05) is 12.1 Å². The maximum Gasteiger partial charge on any atom is 0.335 e. The number of carboxylic acid groups (broad SMARTS) is 1. The molecule has 0 atom stereocenters. The molecular formula is C9H8N4O2. The van der Waals surface area contributed by atoms with Crippen LogP contribution in [-0.4, -0.2) is 31.3 Å². The fraction of sp³-hybridized carbons (Fsp3) is 0.111. The van der Waals surface area contributed by atoms with E-state index in [0.717, 1.165) is 0 Å². The lowest BCUT2D eigenvalue weighted by Gasteiger charge is -1.96. The van der Waals surface area contributed by atoms with Crippen LogP contribution in [0.25, 0.3) is 11.4 Å². The molecule has 1 aromatic heterocycles. The zero-order chi connectivity index (χ0) is 10.8. The maximum atomic E-state index is 10.7. The van der Waals surface area contributed by atoms with Crippen molar-refractivity contribution in [1.29, 1.82) is 0 Å². The lowest BCUT2D eigenvalue weighted by atomic mass is 10.1. The molecule has 76 valence electrons. The molecule has 2 aromatic rings. The summed E-state index contributed by atoms with van der Waals surface area (Å²) in [6.45, 7) is 0. The third kappa shape index (κ3) is 1.83. The zero-order valence-corrected chi connectivity index (χ0v) is 7.95. The van der Waals surface area contributed by atoms with Crippen molar-refractivity contribution < 1.29 is 9.90 Å². The molecule has 1 aromatic carbocycles. The van der Waals surface area contributed by atoms with Crippen molar-refractivity contribution in [2.75, 3.05) is 0 Å². The minimum atomic E-state index is -0.972. The largest absolute Gasteiger partial charge is 0.478 e. The zero-order valence-electron chi connectivity index (χ0n) is 7.95. The summed E-state index contributed by atoms with van der Waals surface area (Å²) in [5.41, 5.74) is 0.850. The Labute approximate surface area is 85.2 Å². The first-order chi connectivity index (χ1) is 7.16. The van der Waals surface area contributed by atoms with Crippen LogP contribution in [0.4, 0.5) is 0 Å². The molecule has 0 saturated carbocycles. The lowest BCUT2D eigenvalue weighted by molar-refractivity contribution is 0.0697. The van der Waals surface area contributed by atoms with E-state index in [0.29, 0.717) is 11.4 Å². The number of nitrogens with zero attached hydrogens (tertiary/aromatic N) is 4. The lowest BCUT2D eigenvalue weighted by Crippen LogP contribution is -1.96. The van der Waals surface area contributed by atoms with Crippen LogP contribution in [0.1, 0.15) is 10.4 Å². The summed E-state index contributed by atoms with van der Waals surface area (Å²) in [6.07, 6.45) is 0. The summed E-state index contributed by atoms with van der Waals surface area (Å²) in [6, 6.07) is 6.42. The molecule has 0 bridgehead atoms. The summed E-state index contributed by atoms with van der Waals surface area (Å²) >= 11 is 0. The van der Waals surface area contributed by atoms with Gasteiger partial charge in [-0.25, -0.2) is 4.79 Å². The number of aromatic carboxylic acids is 1. The number of hydrogen-bond acceptors (Lipinski definition) is 4. The molecule has 0 aliphatic carbocycles. The molecular weight excluding hydrogens is 196 g/mol. The Morgan fingerprint density at radius 2 is 2.27 bits per heavy atom. The first-order valence-electron chi connectivity index (χ1n) is 4.24. The number of aromatic nitrogens is 4. The SMILES string of the molecule is Cn1nnc(-c2cccc(C(=O)O)c2)n1. The van der Waals surface area contributed by atoms with Crippen LogP contribution in [0, 0.1) is 0 Å². The molecule has 0 spiro atoms. The molecule has 0 aliphatic heterocycles. The van der Waals surface area contributed by atoms with Crippen molar-refractivity contribution in [1.82, 2.24) is 20.2 Å². The molecule has 15 heavy (non-hydrogen) atoms. The number of carboxylic acids is 1. The van der Waals surface area contributed by atoms with Gasteiger partial charge >= 0.3 is 5.97 Å². The van der Waals surface area contributed by atoms with Gasteiger partial charge < -0.3 is 5.11 Å². The van der Waals surface area contributed by atoms with Gasteiger partial charge in [0.2, 0.25) is 5.82 Å². The summed E-state index contributed by atoms with van der Waals surface area (Å²) in [4.78, 5) is 12.1. The molecule has 1 heterocycles. The van der Waals surface area contributed by atoms with Gasteiger partial charge in [0.25, 0.3) is 0 Å². The smallest absolute Gasteiger partial charge is 0.335 e. The van der Waals surface area contributed by atoms with Crippen LogP contribution in [0.5, 0.6) is 0 Å². The Morgan fingerprint density at radius 3 is 2.87 bits per heavy atom. The van der Waals surface area contributed by atoms with E-state index in [1.165, 1.54) is 16.9 Å². The number of aryl methyl sites for hydroxylation is 1. The van der Waals surface area contributed by atoms with E-state index in [2.05, 4.69) is 15.4 Å². The topological polar surface area (TPSA) is 80.9 Å². The number of hydrogen-bond donors (Lipinski definition) is 1. The molecule has 0 amide bonds. The van der Waals surface area contributed by atoms with Crippen LogP contribution < -0.4 is 0 Å². The van der Waals surface area contributed by atoms with Crippen molar-refractivity contribution in [3.8, 4) is 11.4 Å². The number of rotatable bonds is 2. The standard InChI is InChI=1S/C9H8N4O2/c1-13-11-8(10-12-13)6-3-2-4-7(5-6)9(14)15/h2-5H,1H3,(H,14,15). The Kier molecular flexibility index (Phi) is 2.17. The number of tetrazole rings is 1. The molecule has 6 nitrogen and oxygen atoms in total. The molecule has 0 aliphatic rings. The summed E-state index contributed by atoms with van der Waals surface area (Å²) < 4.78 is 0. The van der Waals surface area contributed by atoms with Gasteiger partial charge in [-0.15, -0.1) is 10.2 Å². The van der Waals surface area contributed by atoms with Gasteiger partial charge in [0.1, 0.15) is 0 Å². The van der Waals surface area contributed by atoms with E-state index >= 15 is 0 Å². The van der Waals surface area contributed by atoms with Crippen LogP contribution in [-0.2, 0) is 7.05 Å². The second-order valence-corrected chi connectivity index (χ2v) is 2.99. The highest BCUT2D eigenvalue weighted by atomic mass is 16.4. The number of benzene rings is 1. The van der Waals surface area contributed by atoms with Crippen LogP contribution in [0.3, 0.4) is 0 Å². The molecule has 0 unspecified atom stereocenters. The van der Waals surface area contributed by atoms with Gasteiger partial charge in [-0.05, 0) is 17.3 Å². The van der Waals surface area contributed by atoms with Crippen molar-refractivity contribution in [2.24, 2.45) is 7.05 Å². The van der Waals surface area contributed by atoms with E-state index in [1.54, 1.807) is 19.2 Å². The van der Waals surface area contributed by atoms with Crippen LogP contribution in [0.2, 0.25) is 0 Å². The third-order valence-electron chi connectivity index (χ3n) is 1.88. The van der Waals surface area contributed by atoms with Gasteiger partial charge in [-0.2, -0.15) is 4.80 Å². The van der Waals surface area contributed by atoms with Gasteiger partial charge in [-0.3, -0.25) is 0 Å². The first kappa shape index (κ1) is 9.32. The molecule has 1 N–H and O–H groups in total. The van der Waals surface area contributed by atoms with E-state index < -0.39 is 5.97 Å². The summed E-state index contributed by atoms with van der Waals surface area (Å²) in [7, 11) is 1.65. The monoisotopic (exact) mass is 204 g/mol. The highest BCUT2D eigenvalue weighted by Gasteiger charge is 2.07. The van der Waals surface area contributed by atoms with E-state index in [1.807, 2.05) is 0 Å². The minimum absolute atomic E-state index is 0.208. The molecule has 0 saturated heterocycles. The fourth-order valence-electron chi connectivity index (χ4n) is 1.19. The predicted molar refractivity (Wildman–Crippen MR) is 51.2 cm³/mol. The summed E-state index contributed by atoms with van der Waals surface area (Å²) in [5.74, 6) is -0.554. The minimum Gasteiger partial charge on any atom is -0.478 e. The number of carbonyl (C=O) groups is 1. The average molecular weight is 204 g/mol. The predicted octanol–water partition coefficient (Wildman–Crippen LogP) is 0.575. The Hall–Kier alpha value is -2.24. The Balaban J connectivity index is 2.45. The van der Waals surface area contributed by atoms with Crippen molar-refractivity contribution >= 4 is 5.97 Å². The van der Waals surface area contributed by atoms with Gasteiger partial charge in [0.05, 0.1) is 12.6 Å². The van der Waals surface area contributed by atoms with Gasteiger partial charge in [0.15, 0.2) is 0 Å². The fourth-order valence-corrected chi connectivity index (χ4v) is 1.19. The molecule has 0 radical (unpaired) electrons. The van der Waals surface area contributed by atoms with Crippen LogP contribution >= 0.6 is 0 Å². The van der Waals surface area contributed by atoms with E-state index in [9.17, 15) is 4.79 Å². The van der Waals surface area contributed by atoms with Crippen molar-refractivity contribution in [3.05, 3.63) is 29.8 Å². The van der Waals surface area contributed by atoms with E-state index in [-0.39, 0.29) is 5.56 Å².